The van der Waals surface area contributed by atoms with E-state index in [1.165, 1.54) is 11.8 Å². The van der Waals surface area contributed by atoms with Gasteiger partial charge in [0.05, 0.1) is 10.8 Å². The van der Waals surface area contributed by atoms with Crippen LogP contribution >= 0.6 is 23.4 Å². The van der Waals surface area contributed by atoms with Gasteiger partial charge in [0.15, 0.2) is 17.1 Å². The Morgan fingerprint density at radius 1 is 1.24 bits per heavy atom. The molecule has 29 heavy (non-hydrogen) atoms. The number of hydrogen-bond acceptors (Lipinski definition) is 5. The maximum absolute atomic E-state index is 12.3. The average Bonchev–Trinajstić information content (AvgIpc) is 3.11. The highest BCUT2D eigenvalue weighted by atomic mass is 35.5. The van der Waals surface area contributed by atoms with Gasteiger partial charge in [0.1, 0.15) is 5.75 Å². The molecule has 1 aromatic heterocycles. The number of nitrogens with one attached hydrogen (secondary N) is 1. The molecule has 0 aliphatic rings. The van der Waals surface area contributed by atoms with E-state index in [1.54, 1.807) is 6.07 Å². The number of carbonyl (C=O) groups excluding carboxylic acids is 1. The monoisotopic (exact) mass is 430 g/mol. The first kappa shape index (κ1) is 21.2. The Kier molecular flexibility index (Phi) is 7.17. The second-order valence-corrected chi connectivity index (χ2v) is 7.83. The Labute approximate surface area is 179 Å². The standard InChI is InChI=1S/C21H23ClN4O2S/c1-4-26-20(15(3)28-18-11-6-5-10-17(18)22)24-25-21(26)29-13-19(27)23-16-9-7-8-14(2)12-16/h5-12,15H,4,13H2,1-3H3,(H,23,27)/t15-/m1/s1. The molecule has 0 aliphatic heterocycles. The van der Waals surface area contributed by atoms with Gasteiger partial charge in [-0.05, 0) is 50.6 Å². The van der Waals surface area contributed by atoms with Crippen molar-refractivity contribution in [2.24, 2.45) is 0 Å². The molecule has 0 saturated heterocycles. The molecule has 0 aliphatic carbocycles. The number of ether oxygens (including phenoxy) is 1. The first-order valence-corrected chi connectivity index (χ1v) is 10.7. The summed E-state index contributed by atoms with van der Waals surface area (Å²) in [5.41, 5.74) is 1.88. The SMILES string of the molecule is CCn1c(SCC(=O)Nc2cccc(C)c2)nnc1[C@@H](C)Oc1ccccc1Cl. The van der Waals surface area contributed by atoms with Crippen molar-refractivity contribution in [2.45, 2.75) is 38.6 Å². The van der Waals surface area contributed by atoms with Gasteiger partial charge in [-0.15, -0.1) is 10.2 Å². The van der Waals surface area contributed by atoms with Crippen molar-refractivity contribution >= 4 is 35.0 Å². The quantitative estimate of drug-likeness (QED) is 0.501. The number of rotatable bonds is 8. The van der Waals surface area contributed by atoms with E-state index in [2.05, 4.69) is 15.5 Å². The molecule has 0 radical (unpaired) electrons. The molecule has 2 aromatic carbocycles. The number of thioether (sulfide) groups is 1. The lowest BCUT2D eigenvalue weighted by Crippen LogP contribution is -2.15. The molecular weight excluding hydrogens is 408 g/mol. The fraction of sp³-hybridized carbons (Fsp3) is 0.286. The van der Waals surface area contributed by atoms with Gasteiger partial charge in [0, 0.05) is 12.2 Å². The van der Waals surface area contributed by atoms with Crippen LogP contribution < -0.4 is 10.1 Å². The number of anilines is 1. The molecule has 1 heterocycles. The van der Waals surface area contributed by atoms with Crippen LogP contribution in [0.15, 0.2) is 53.7 Å². The van der Waals surface area contributed by atoms with Crippen molar-refractivity contribution < 1.29 is 9.53 Å². The Hall–Kier alpha value is -2.51. The van der Waals surface area contributed by atoms with Gasteiger partial charge in [0.2, 0.25) is 5.91 Å². The van der Waals surface area contributed by atoms with Crippen LogP contribution in [0.4, 0.5) is 5.69 Å². The zero-order valence-corrected chi connectivity index (χ0v) is 18.1. The topological polar surface area (TPSA) is 69.0 Å². The Morgan fingerprint density at radius 3 is 2.76 bits per heavy atom. The lowest BCUT2D eigenvalue weighted by atomic mass is 10.2. The zero-order valence-electron chi connectivity index (χ0n) is 16.6. The van der Waals surface area contributed by atoms with E-state index in [0.29, 0.717) is 28.3 Å². The van der Waals surface area contributed by atoms with Gasteiger partial charge in [-0.2, -0.15) is 0 Å². The molecule has 0 fully saturated rings. The van der Waals surface area contributed by atoms with Crippen molar-refractivity contribution in [3.8, 4) is 5.75 Å². The summed E-state index contributed by atoms with van der Waals surface area (Å²) in [6, 6.07) is 15.0. The third kappa shape index (κ3) is 5.52. The van der Waals surface area contributed by atoms with Crippen molar-refractivity contribution in [3.05, 3.63) is 64.9 Å². The predicted molar refractivity (Wildman–Crippen MR) is 117 cm³/mol. The summed E-state index contributed by atoms with van der Waals surface area (Å²) >= 11 is 7.53. The molecule has 0 spiro atoms. The highest BCUT2D eigenvalue weighted by molar-refractivity contribution is 7.99. The number of para-hydroxylation sites is 1. The van der Waals surface area contributed by atoms with E-state index in [4.69, 9.17) is 16.3 Å². The molecule has 3 rings (SSSR count). The summed E-state index contributed by atoms with van der Waals surface area (Å²) in [7, 11) is 0. The summed E-state index contributed by atoms with van der Waals surface area (Å²) < 4.78 is 7.91. The van der Waals surface area contributed by atoms with Crippen LogP contribution in [0, 0.1) is 6.92 Å². The molecule has 1 N–H and O–H groups in total. The van der Waals surface area contributed by atoms with Crippen molar-refractivity contribution in [3.63, 3.8) is 0 Å². The Balaban J connectivity index is 1.64. The van der Waals surface area contributed by atoms with Gasteiger partial charge in [0.25, 0.3) is 0 Å². The maximum Gasteiger partial charge on any atom is 0.234 e. The lowest BCUT2D eigenvalue weighted by Gasteiger charge is -2.16. The summed E-state index contributed by atoms with van der Waals surface area (Å²) in [4.78, 5) is 12.3. The minimum absolute atomic E-state index is 0.0897. The third-order valence-electron chi connectivity index (χ3n) is 4.20. The number of aryl methyl sites for hydroxylation is 1. The first-order valence-electron chi connectivity index (χ1n) is 9.31. The minimum atomic E-state index is -0.335. The number of nitrogens with zero attached hydrogens (tertiary/aromatic N) is 3. The van der Waals surface area contributed by atoms with Gasteiger partial charge < -0.3 is 14.6 Å². The molecule has 1 amide bonds. The van der Waals surface area contributed by atoms with E-state index in [9.17, 15) is 4.79 Å². The van der Waals surface area contributed by atoms with Crippen molar-refractivity contribution in [1.29, 1.82) is 0 Å². The molecule has 0 unspecified atom stereocenters. The minimum Gasteiger partial charge on any atom is -0.481 e. The normalized spacial score (nSPS) is 11.9. The Bertz CT molecular complexity index is 992. The molecule has 6 nitrogen and oxygen atoms in total. The van der Waals surface area contributed by atoms with Crippen LogP contribution in [0.25, 0.3) is 0 Å². The summed E-state index contributed by atoms with van der Waals surface area (Å²) in [6.45, 7) is 6.56. The van der Waals surface area contributed by atoms with Crippen LogP contribution in [0.2, 0.25) is 5.02 Å². The van der Waals surface area contributed by atoms with Crippen LogP contribution in [-0.4, -0.2) is 26.4 Å². The number of halogens is 1. The highest BCUT2D eigenvalue weighted by Gasteiger charge is 2.20. The molecular formula is C21H23ClN4O2S. The van der Waals surface area contributed by atoms with E-state index < -0.39 is 0 Å². The molecule has 3 aromatic rings. The predicted octanol–water partition coefficient (Wildman–Crippen LogP) is 5.13. The molecule has 8 heteroatoms. The maximum atomic E-state index is 12.3. The number of benzene rings is 2. The van der Waals surface area contributed by atoms with Crippen molar-refractivity contribution in [2.75, 3.05) is 11.1 Å². The van der Waals surface area contributed by atoms with E-state index >= 15 is 0 Å². The van der Waals surface area contributed by atoms with Crippen LogP contribution in [0.1, 0.15) is 31.3 Å². The van der Waals surface area contributed by atoms with Gasteiger partial charge >= 0.3 is 0 Å². The van der Waals surface area contributed by atoms with Gasteiger partial charge in [-0.25, -0.2) is 0 Å². The summed E-state index contributed by atoms with van der Waals surface area (Å²) in [5.74, 6) is 1.44. The fourth-order valence-corrected chi connectivity index (χ4v) is 3.83. The molecule has 0 saturated carbocycles. The molecule has 0 bridgehead atoms. The lowest BCUT2D eigenvalue weighted by molar-refractivity contribution is -0.113. The average molecular weight is 431 g/mol. The molecule has 152 valence electrons. The fourth-order valence-electron chi connectivity index (χ4n) is 2.84. The largest absolute Gasteiger partial charge is 0.481 e. The number of amides is 1. The first-order chi connectivity index (χ1) is 14.0. The smallest absolute Gasteiger partial charge is 0.234 e. The van der Waals surface area contributed by atoms with Crippen LogP contribution in [0.5, 0.6) is 5.75 Å². The summed E-state index contributed by atoms with van der Waals surface area (Å²) in [6.07, 6.45) is -0.335. The second kappa shape index (κ2) is 9.80. The zero-order chi connectivity index (χ0) is 20.8. The van der Waals surface area contributed by atoms with Crippen LogP contribution in [-0.2, 0) is 11.3 Å². The van der Waals surface area contributed by atoms with Gasteiger partial charge in [-0.3, -0.25) is 4.79 Å². The highest BCUT2D eigenvalue weighted by Crippen LogP contribution is 2.29. The Morgan fingerprint density at radius 2 is 2.03 bits per heavy atom. The third-order valence-corrected chi connectivity index (χ3v) is 5.48. The van der Waals surface area contributed by atoms with E-state index in [1.807, 2.05) is 67.8 Å². The summed E-state index contributed by atoms with van der Waals surface area (Å²) in [5, 5.41) is 12.7. The molecule has 1 atom stereocenters. The van der Waals surface area contributed by atoms with Crippen molar-refractivity contribution in [1.82, 2.24) is 14.8 Å². The van der Waals surface area contributed by atoms with Crippen LogP contribution in [0.3, 0.4) is 0 Å². The number of aromatic nitrogens is 3. The van der Waals surface area contributed by atoms with Gasteiger partial charge in [-0.1, -0.05) is 47.6 Å². The number of carbonyl (C=O) groups is 1. The van der Waals surface area contributed by atoms with E-state index in [0.717, 1.165) is 11.3 Å². The number of hydrogen-bond donors (Lipinski definition) is 1. The second-order valence-electron chi connectivity index (χ2n) is 6.48. The van der Waals surface area contributed by atoms with E-state index in [-0.39, 0.29) is 17.8 Å².